The van der Waals surface area contributed by atoms with Gasteiger partial charge in [0.2, 0.25) is 11.5 Å². The van der Waals surface area contributed by atoms with Crippen LogP contribution in [-0.2, 0) is 39.1 Å². The van der Waals surface area contributed by atoms with Crippen molar-refractivity contribution in [3.63, 3.8) is 0 Å². The van der Waals surface area contributed by atoms with Crippen LogP contribution in [0, 0.1) is 5.92 Å². The van der Waals surface area contributed by atoms with Gasteiger partial charge in [0.05, 0.1) is 5.56 Å². The van der Waals surface area contributed by atoms with Crippen molar-refractivity contribution in [2.24, 2.45) is 5.92 Å². The molecule has 1 spiro atoms. The molecule has 2 aromatic carbocycles. The number of carbonyl (C=O) groups excluding carboxylic acids is 4. The van der Waals surface area contributed by atoms with Gasteiger partial charge in [0, 0.05) is 37.3 Å². The van der Waals surface area contributed by atoms with Crippen molar-refractivity contribution >= 4 is 29.6 Å². The number of hydrogen-bond donors (Lipinski definition) is 2. The zero-order valence-electron chi connectivity index (χ0n) is 22.0. The zero-order chi connectivity index (χ0) is 28.8. The van der Waals surface area contributed by atoms with Crippen LogP contribution in [0.25, 0.3) is 0 Å². The van der Waals surface area contributed by atoms with Gasteiger partial charge in [-0.05, 0) is 67.5 Å². The number of carbonyl (C=O) groups is 4. The van der Waals surface area contributed by atoms with E-state index in [0.29, 0.717) is 23.2 Å². The number of nitrogens with zero attached hydrogens (tertiary/aromatic N) is 2. The van der Waals surface area contributed by atoms with Gasteiger partial charge in [-0.25, -0.2) is 14.5 Å². The normalized spacial score (nSPS) is 20.8. The number of rotatable bonds is 7. The van der Waals surface area contributed by atoms with E-state index in [1.807, 2.05) is 6.92 Å². The maximum atomic E-state index is 13.6. The summed E-state index contributed by atoms with van der Waals surface area (Å²) in [5, 5.41) is 5.12. The fraction of sp³-hybridized carbons (Fsp3) is 0.429. The lowest BCUT2D eigenvalue weighted by Gasteiger charge is -2.31. The quantitative estimate of drug-likeness (QED) is 0.524. The third-order valence-corrected chi connectivity index (χ3v) is 7.89. The molecule has 1 aliphatic heterocycles. The zero-order valence-corrected chi connectivity index (χ0v) is 22.0. The third kappa shape index (κ3) is 5.09. The maximum Gasteiger partial charge on any atom is 0.418 e. The van der Waals surface area contributed by atoms with Crippen LogP contribution in [0.5, 0.6) is 0 Å². The number of amides is 5. The predicted molar refractivity (Wildman–Crippen MR) is 137 cm³/mol. The topological polar surface area (TPSA) is 108 Å². The van der Waals surface area contributed by atoms with Crippen molar-refractivity contribution in [2.75, 3.05) is 18.9 Å². The summed E-state index contributed by atoms with van der Waals surface area (Å²) in [4.78, 5) is 54.0. The average Bonchev–Trinajstić information content (AvgIpc) is 3.67. The molecule has 2 N–H and O–H groups in total. The molecule has 2 aromatic rings. The largest absolute Gasteiger partial charge is 0.427 e. The molecule has 212 valence electrons. The number of imide groups is 1. The highest BCUT2D eigenvalue weighted by atomic mass is 19.4. The van der Waals surface area contributed by atoms with Crippen molar-refractivity contribution in [2.45, 2.75) is 57.0 Å². The molecule has 0 bridgehead atoms. The Kier molecular flexibility index (Phi) is 6.97. The van der Waals surface area contributed by atoms with Crippen LogP contribution in [0.3, 0.4) is 0 Å². The van der Waals surface area contributed by atoms with E-state index in [1.54, 1.807) is 18.2 Å². The standard InChI is InChI=1S/C28H29F3N4O5/c1-16(18-5-6-18)34(14-17-3-7-20(8-4-17)28(29,30)31)23(36)15-35-24(37)27(40-26(35)39)12-11-19-13-21(9-10-22(19)27)33-25(38)32-2/h3-4,7-10,13,16,18H,5-6,11-12,14-15H2,1-2H3,(H2,32,33,38)/t16-,27+/m0/s1. The van der Waals surface area contributed by atoms with Gasteiger partial charge in [0.15, 0.2) is 0 Å². The molecule has 2 atom stereocenters. The Hall–Kier alpha value is -4.09. The Morgan fingerprint density at radius 1 is 1.15 bits per heavy atom. The molecule has 0 radical (unpaired) electrons. The molecule has 5 rings (SSSR count). The summed E-state index contributed by atoms with van der Waals surface area (Å²) in [5.74, 6) is -0.888. The molecule has 3 aliphatic rings. The van der Waals surface area contributed by atoms with E-state index < -0.39 is 47.8 Å². The molecule has 12 heteroatoms. The van der Waals surface area contributed by atoms with Gasteiger partial charge >= 0.3 is 18.3 Å². The third-order valence-electron chi connectivity index (χ3n) is 7.89. The number of urea groups is 1. The van der Waals surface area contributed by atoms with Crippen LogP contribution in [0.15, 0.2) is 42.5 Å². The molecule has 0 aromatic heterocycles. The number of anilines is 1. The van der Waals surface area contributed by atoms with Gasteiger partial charge < -0.3 is 20.3 Å². The van der Waals surface area contributed by atoms with Crippen molar-refractivity contribution in [1.82, 2.24) is 15.1 Å². The lowest BCUT2D eigenvalue weighted by atomic mass is 9.94. The first-order valence-electron chi connectivity index (χ1n) is 13.1. The molecule has 9 nitrogen and oxygen atoms in total. The second kappa shape index (κ2) is 10.1. The summed E-state index contributed by atoms with van der Waals surface area (Å²) in [7, 11) is 1.49. The Labute approximate surface area is 228 Å². The van der Waals surface area contributed by atoms with Gasteiger partial charge in [-0.15, -0.1) is 0 Å². The summed E-state index contributed by atoms with van der Waals surface area (Å²) in [6, 6.07) is 8.94. The average molecular weight is 559 g/mol. The van der Waals surface area contributed by atoms with E-state index in [9.17, 15) is 32.3 Å². The highest BCUT2D eigenvalue weighted by Crippen LogP contribution is 2.46. The molecule has 1 saturated heterocycles. The molecule has 2 aliphatic carbocycles. The van der Waals surface area contributed by atoms with Crippen LogP contribution in [-0.4, -0.2) is 53.4 Å². The van der Waals surface area contributed by atoms with Crippen LogP contribution in [0.1, 0.15) is 48.4 Å². The molecule has 2 fully saturated rings. The van der Waals surface area contributed by atoms with Gasteiger partial charge in [-0.1, -0.05) is 18.2 Å². The van der Waals surface area contributed by atoms with Crippen molar-refractivity contribution < 1.29 is 37.1 Å². The summed E-state index contributed by atoms with van der Waals surface area (Å²) in [6.45, 7) is 1.37. The van der Waals surface area contributed by atoms with Crippen molar-refractivity contribution in [1.29, 1.82) is 0 Å². The minimum absolute atomic E-state index is 0.0425. The van der Waals surface area contributed by atoms with E-state index in [-0.39, 0.29) is 24.9 Å². The predicted octanol–water partition coefficient (Wildman–Crippen LogP) is 4.40. The van der Waals surface area contributed by atoms with Gasteiger partial charge in [-0.3, -0.25) is 9.59 Å². The molecular weight excluding hydrogens is 529 g/mol. The summed E-state index contributed by atoms with van der Waals surface area (Å²) in [5.41, 5.74) is -0.0452. The number of fused-ring (bicyclic) bond motifs is 2. The highest BCUT2D eigenvalue weighted by molar-refractivity contribution is 6.06. The minimum atomic E-state index is -4.47. The molecule has 40 heavy (non-hydrogen) atoms. The fourth-order valence-electron chi connectivity index (χ4n) is 5.44. The van der Waals surface area contributed by atoms with Gasteiger partial charge in [0.25, 0.3) is 5.91 Å². The van der Waals surface area contributed by atoms with E-state index in [4.69, 9.17) is 4.74 Å². The Morgan fingerprint density at radius 3 is 2.48 bits per heavy atom. The van der Waals surface area contributed by atoms with Crippen LogP contribution >= 0.6 is 0 Å². The monoisotopic (exact) mass is 558 g/mol. The molecular formula is C28H29F3N4O5. The summed E-state index contributed by atoms with van der Waals surface area (Å²) >= 11 is 0. The molecule has 5 amide bonds. The fourth-order valence-corrected chi connectivity index (χ4v) is 5.44. The minimum Gasteiger partial charge on any atom is -0.427 e. The van der Waals surface area contributed by atoms with E-state index in [0.717, 1.165) is 35.4 Å². The molecule has 1 heterocycles. The first-order valence-corrected chi connectivity index (χ1v) is 13.1. The van der Waals surface area contributed by atoms with Crippen molar-refractivity contribution in [3.8, 4) is 0 Å². The highest BCUT2D eigenvalue weighted by Gasteiger charge is 2.58. The number of halogens is 3. The summed E-state index contributed by atoms with van der Waals surface area (Å²) in [6.07, 6.45) is -2.93. The van der Waals surface area contributed by atoms with Crippen molar-refractivity contribution in [3.05, 3.63) is 64.7 Å². The van der Waals surface area contributed by atoms with Crippen LogP contribution in [0.2, 0.25) is 0 Å². The Bertz CT molecular complexity index is 1360. The van der Waals surface area contributed by atoms with Crippen LogP contribution in [0.4, 0.5) is 28.4 Å². The first-order chi connectivity index (χ1) is 18.9. The lowest BCUT2D eigenvalue weighted by molar-refractivity contribution is -0.143. The second-order valence-corrected chi connectivity index (χ2v) is 10.5. The molecule has 0 unspecified atom stereocenters. The number of alkyl halides is 3. The lowest BCUT2D eigenvalue weighted by Crippen LogP contribution is -2.47. The smallest absolute Gasteiger partial charge is 0.418 e. The van der Waals surface area contributed by atoms with E-state index >= 15 is 0 Å². The molecule has 1 saturated carbocycles. The van der Waals surface area contributed by atoms with Crippen LogP contribution < -0.4 is 10.6 Å². The number of ether oxygens (including phenoxy) is 1. The summed E-state index contributed by atoms with van der Waals surface area (Å²) < 4.78 is 44.6. The Balaban J connectivity index is 1.33. The number of hydrogen-bond acceptors (Lipinski definition) is 5. The maximum absolute atomic E-state index is 13.6. The SMILES string of the molecule is CNC(=O)Nc1ccc2c(c1)CC[C@@]21OC(=O)N(CC(=O)N(Cc2ccc(C(F)(F)F)cc2)[C@@H](C)C2CC2)C1=O. The van der Waals surface area contributed by atoms with E-state index in [1.165, 1.54) is 24.1 Å². The number of nitrogens with one attached hydrogen (secondary N) is 2. The van der Waals surface area contributed by atoms with Gasteiger partial charge in [0.1, 0.15) is 6.54 Å². The number of benzene rings is 2. The Morgan fingerprint density at radius 2 is 1.85 bits per heavy atom. The number of aryl methyl sites for hydroxylation is 1. The second-order valence-electron chi connectivity index (χ2n) is 10.5. The van der Waals surface area contributed by atoms with Gasteiger partial charge in [-0.2, -0.15) is 13.2 Å². The first kappa shape index (κ1) is 27.5. The van der Waals surface area contributed by atoms with E-state index in [2.05, 4.69) is 10.6 Å².